The number of rotatable bonds is 4. The van der Waals surface area contributed by atoms with E-state index in [0.717, 1.165) is 29.1 Å². The number of imidazole rings is 1. The number of fused-ring (bicyclic) bond motifs is 1. The SMILES string of the molecule is CCCOc1cccc2c1[nH]c(=S)n2C1CCCCC1. The maximum Gasteiger partial charge on any atom is 0.178 e. The molecule has 1 heterocycles. The van der Waals surface area contributed by atoms with Gasteiger partial charge in [0, 0.05) is 6.04 Å². The first-order valence-electron chi connectivity index (χ1n) is 7.67. The quantitative estimate of drug-likeness (QED) is 0.804. The summed E-state index contributed by atoms with van der Waals surface area (Å²) in [5, 5.41) is 0. The Hall–Kier alpha value is -1.29. The molecule has 108 valence electrons. The fourth-order valence-corrected chi connectivity index (χ4v) is 3.51. The molecule has 0 atom stereocenters. The van der Waals surface area contributed by atoms with E-state index in [1.165, 1.54) is 37.6 Å². The number of hydrogen-bond donors (Lipinski definition) is 1. The zero-order valence-electron chi connectivity index (χ0n) is 12.0. The Morgan fingerprint density at radius 1 is 1.30 bits per heavy atom. The van der Waals surface area contributed by atoms with Crippen molar-refractivity contribution in [3.05, 3.63) is 23.0 Å². The fourth-order valence-electron chi connectivity index (χ4n) is 3.16. The largest absolute Gasteiger partial charge is 0.491 e. The van der Waals surface area contributed by atoms with Crippen LogP contribution in [0.25, 0.3) is 11.0 Å². The number of para-hydroxylation sites is 1. The molecule has 0 aliphatic heterocycles. The van der Waals surface area contributed by atoms with Crippen LogP contribution in [0.3, 0.4) is 0 Å². The van der Waals surface area contributed by atoms with Gasteiger partial charge in [-0.2, -0.15) is 0 Å². The Bertz CT molecular complexity index is 637. The van der Waals surface area contributed by atoms with Gasteiger partial charge in [-0.05, 0) is 43.6 Å². The van der Waals surface area contributed by atoms with Crippen molar-refractivity contribution in [3.63, 3.8) is 0 Å². The van der Waals surface area contributed by atoms with E-state index in [4.69, 9.17) is 17.0 Å². The summed E-state index contributed by atoms with van der Waals surface area (Å²) in [6.45, 7) is 2.86. The van der Waals surface area contributed by atoms with Gasteiger partial charge in [-0.3, -0.25) is 0 Å². The highest BCUT2D eigenvalue weighted by molar-refractivity contribution is 7.71. The molecule has 0 spiro atoms. The van der Waals surface area contributed by atoms with Crippen LogP contribution >= 0.6 is 12.2 Å². The molecular formula is C16H22N2OS. The van der Waals surface area contributed by atoms with E-state index in [1.54, 1.807) is 0 Å². The molecule has 3 nitrogen and oxygen atoms in total. The van der Waals surface area contributed by atoms with Crippen molar-refractivity contribution >= 4 is 23.3 Å². The average Bonchev–Trinajstić information content (AvgIpc) is 2.82. The normalized spacial score (nSPS) is 16.6. The number of hydrogen-bond acceptors (Lipinski definition) is 2. The summed E-state index contributed by atoms with van der Waals surface area (Å²) in [5.41, 5.74) is 2.24. The van der Waals surface area contributed by atoms with Crippen LogP contribution in [-0.4, -0.2) is 16.2 Å². The standard InChI is InChI=1S/C16H22N2OS/c1-2-11-19-14-10-6-9-13-15(14)17-16(20)18(13)12-7-4-3-5-8-12/h6,9-10,12H,2-5,7-8,11H2,1H3,(H,17,20). The summed E-state index contributed by atoms with van der Waals surface area (Å²) in [4.78, 5) is 3.35. The number of aromatic nitrogens is 2. The van der Waals surface area contributed by atoms with Crippen LogP contribution in [0.5, 0.6) is 5.75 Å². The lowest BCUT2D eigenvalue weighted by molar-refractivity contribution is 0.320. The summed E-state index contributed by atoms with van der Waals surface area (Å²) in [6, 6.07) is 6.78. The first-order chi connectivity index (χ1) is 9.81. The molecule has 1 aromatic heterocycles. The van der Waals surface area contributed by atoms with Crippen LogP contribution in [-0.2, 0) is 0 Å². The first kappa shape index (κ1) is 13.7. The van der Waals surface area contributed by atoms with Crippen molar-refractivity contribution in [2.24, 2.45) is 0 Å². The molecule has 0 amide bonds. The third kappa shape index (κ3) is 2.49. The predicted molar refractivity (Wildman–Crippen MR) is 85.0 cm³/mol. The molecule has 1 aliphatic rings. The molecular weight excluding hydrogens is 268 g/mol. The maximum absolute atomic E-state index is 5.83. The molecule has 1 N–H and O–H groups in total. The Morgan fingerprint density at radius 3 is 2.85 bits per heavy atom. The second-order valence-corrected chi connectivity index (χ2v) is 5.98. The van der Waals surface area contributed by atoms with Crippen LogP contribution in [0.2, 0.25) is 0 Å². The Kier molecular flexibility index (Phi) is 4.10. The van der Waals surface area contributed by atoms with Crippen molar-refractivity contribution in [1.29, 1.82) is 0 Å². The molecule has 20 heavy (non-hydrogen) atoms. The number of H-pyrrole nitrogens is 1. The summed E-state index contributed by atoms with van der Waals surface area (Å²) in [6.07, 6.45) is 7.47. The van der Waals surface area contributed by atoms with Crippen molar-refractivity contribution < 1.29 is 4.74 Å². The summed E-state index contributed by atoms with van der Waals surface area (Å²) in [7, 11) is 0. The highest BCUT2D eigenvalue weighted by atomic mass is 32.1. The molecule has 4 heteroatoms. The molecule has 2 aromatic rings. The minimum atomic E-state index is 0.548. The van der Waals surface area contributed by atoms with Gasteiger partial charge < -0.3 is 14.3 Å². The average molecular weight is 290 g/mol. The van der Waals surface area contributed by atoms with E-state index in [9.17, 15) is 0 Å². The zero-order chi connectivity index (χ0) is 13.9. The third-order valence-corrected chi connectivity index (χ3v) is 4.41. The van der Waals surface area contributed by atoms with Gasteiger partial charge in [-0.15, -0.1) is 0 Å². The van der Waals surface area contributed by atoms with E-state index in [2.05, 4.69) is 28.6 Å². The lowest BCUT2D eigenvalue weighted by Crippen LogP contribution is -2.12. The van der Waals surface area contributed by atoms with E-state index < -0.39 is 0 Å². The highest BCUT2D eigenvalue weighted by Gasteiger charge is 2.19. The molecule has 1 saturated carbocycles. The Labute approximate surface area is 125 Å². The Morgan fingerprint density at radius 2 is 2.10 bits per heavy atom. The first-order valence-corrected chi connectivity index (χ1v) is 8.08. The van der Waals surface area contributed by atoms with Gasteiger partial charge in [0.05, 0.1) is 12.1 Å². The second kappa shape index (κ2) is 6.00. The molecule has 0 unspecified atom stereocenters. The van der Waals surface area contributed by atoms with E-state index >= 15 is 0 Å². The maximum atomic E-state index is 5.83. The predicted octanol–water partition coefficient (Wildman–Crippen LogP) is 4.99. The number of nitrogens with one attached hydrogen (secondary N) is 1. The molecule has 1 fully saturated rings. The smallest absolute Gasteiger partial charge is 0.178 e. The zero-order valence-corrected chi connectivity index (χ0v) is 12.8. The number of nitrogens with zero attached hydrogens (tertiary/aromatic N) is 1. The van der Waals surface area contributed by atoms with Crippen molar-refractivity contribution in [1.82, 2.24) is 9.55 Å². The topological polar surface area (TPSA) is 29.9 Å². The van der Waals surface area contributed by atoms with Crippen molar-refractivity contribution in [3.8, 4) is 5.75 Å². The molecule has 0 bridgehead atoms. The van der Waals surface area contributed by atoms with E-state index in [0.29, 0.717) is 6.04 Å². The van der Waals surface area contributed by atoms with Crippen LogP contribution in [0.4, 0.5) is 0 Å². The van der Waals surface area contributed by atoms with E-state index in [1.807, 2.05) is 6.07 Å². The van der Waals surface area contributed by atoms with Crippen molar-refractivity contribution in [2.45, 2.75) is 51.5 Å². The fraction of sp³-hybridized carbons (Fsp3) is 0.562. The monoisotopic (exact) mass is 290 g/mol. The number of ether oxygens (including phenoxy) is 1. The molecule has 0 saturated heterocycles. The Balaban J connectivity index is 2.04. The van der Waals surface area contributed by atoms with Gasteiger partial charge in [0.2, 0.25) is 0 Å². The second-order valence-electron chi connectivity index (χ2n) is 5.59. The molecule has 1 aliphatic carbocycles. The van der Waals surface area contributed by atoms with Crippen LogP contribution in [0.15, 0.2) is 18.2 Å². The van der Waals surface area contributed by atoms with Gasteiger partial charge in [0.15, 0.2) is 4.77 Å². The van der Waals surface area contributed by atoms with Crippen molar-refractivity contribution in [2.75, 3.05) is 6.61 Å². The molecule has 0 radical (unpaired) electrons. The lowest BCUT2D eigenvalue weighted by Gasteiger charge is -2.23. The van der Waals surface area contributed by atoms with Gasteiger partial charge in [-0.25, -0.2) is 0 Å². The number of benzene rings is 1. The van der Waals surface area contributed by atoms with Crippen LogP contribution < -0.4 is 4.74 Å². The van der Waals surface area contributed by atoms with Gasteiger partial charge in [0.1, 0.15) is 11.3 Å². The highest BCUT2D eigenvalue weighted by Crippen LogP contribution is 2.33. The van der Waals surface area contributed by atoms with Gasteiger partial charge in [0.25, 0.3) is 0 Å². The molecule has 1 aromatic carbocycles. The van der Waals surface area contributed by atoms with Crippen LogP contribution in [0.1, 0.15) is 51.5 Å². The van der Waals surface area contributed by atoms with Gasteiger partial charge >= 0.3 is 0 Å². The van der Waals surface area contributed by atoms with E-state index in [-0.39, 0.29) is 0 Å². The summed E-state index contributed by atoms with van der Waals surface area (Å²) >= 11 is 5.56. The lowest BCUT2D eigenvalue weighted by atomic mass is 9.95. The third-order valence-electron chi connectivity index (χ3n) is 4.12. The summed E-state index contributed by atoms with van der Waals surface area (Å²) in [5.74, 6) is 0.921. The van der Waals surface area contributed by atoms with Crippen LogP contribution in [0, 0.1) is 4.77 Å². The van der Waals surface area contributed by atoms with Gasteiger partial charge in [-0.1, -0.05) is 32.3 Å². The minimum Gasteiger partial charge on any atom is -0.491 e. The minimum absolute atomic E-state index is 0.548. The molecule has 3 rings (SSSR count). The number of aromatic amines is 1. The summed E-state index contributed by atoms with van der Waals surface area (Å²) < 4.78 is 8.97.